The molecule has 7 heteroatoms. The van der Waals surface area contributed by atoms with Crippen LogP contribution >= 0.6 is 11.3 Å². The molecule has 1 aliphatic carbocycles. The van der Waals surface area contributed by atoms with Crippen LogP contribution in [-0.4, -0.2) is 31.7 Å². The number of hydrogen-bond acceptors (Lipinski definition) is 4. The second kappa shape index (κ2) is 7.97. The number of carbonyl (C=O) groups is 1. The lowest BCUT2D eigenvalue weighted by Crippen LogP contribution is -2.35. The first-order valence-corrected chi connectivity index (χ1v) is 12.2. The molecule has 2 aliphatic rings. The Balaban J connectivity index is 1.51. The van der Waals surface area contributed by atoms with Gasteiger partial charge in [-0.15, -0.1) is 11.3 Å². The monoisotopic (exact) mass is 418 g/mol. The molecule has 1 aromatic carbocycles. The molecular weight excluding hydrogens is 392 g/mol. The summed E-state index contributed by atoms with van der Waals surface area (Å²) in [5.74, 6) is 0.495. The summed E-state index contributed by atoms with van der Waals surface area (Å²) in [4.78, 5) is 15.0. The highest BCUT2D eigenvalue weighted by Crippen LogP contribution is 2.32. The second-order valence-electron chi connectivity index (χ2n) is 7.85. The molecule has 4 rings (SSSR count). The second-order valence-corrected chi connectivity index (χ2v) is 10.9. The largest absolute Gasteiger partial charge is 0.321 e. The maximum absolute atomic E-state index is 12.9. The van der Waals surface area contributed by atoms with Gasteiger partial charge in [-0.3, -0.25) is 4.79 Å². The third kappa shape index (κ3) is 4.02. The first kappa shape index (κ1) is 19.6. The predicted molar refractivity (Wildman–Crippen MR) is 113 cm³/mol. The summed E-state index contributed by atoms with van der Waals surface area (Å²) in [6.07, 6.45) is 6.12. The van der Waals surface area contributed by atoms with E-state index in [1.807, 2.05) is 6.07 Å². The SMILES string of the molecule is C[C@H]1CCc2sc(C(=O)Nc3cccc(S(=O)(=O)N4CCCCC4)c3)cc2C1. The number of thiophene rings is 1. The van der Waals surface area contributed by atoms with Crippen LogP contribution in [0.4, 0.5) is 5.69 Å². The van der Waals surface area contributed by atoms with E-state index in [2.05, 4.69) is 12.2 Å². The number of nitrogens with one attached hydrogen (secondary N) is 1. The minimum Gasteiger partial charge on any atom is -0.321 e. The Labute approximate surface area is 170 Å². The van der Waals surface area contributed by atoms with Crippen molar-refractivity contribution in [2.24, 2.45) is 5.92 Å². The first-order valence-electron chi connectivity index (χ1n) is 9.96. The molecule has 0 radical (unpaired) electrons. The van der Waals surface area contributed by atoms with Gasteiger partial charge in [0.15, 0.2) is 0 Å². The van der Waals surface area contributed by atoms with Crippen LogP contribution in [0.25, 0.3) is 0 Å². The van der Waals surface area contributed by atoms with Gasteiger partial charge in [0.2, 0.25) is 10.0 Å². The molecule has 2 aromatic rings. The molecule has 1 saturated heterocycles. The van der Waals surface area contributed by atoms with Gasteiger partial charge in [-0.25, -0.2) is 8.42 Å². The molecule has 5 nitrogen and oxygen atoms in total. The Morgan fingerprint density at radius 3 is 2.75 bits per heavy atom. The van der Waals surface area contributed by atoms with Gasteiger partial charge in [0.1, 0.15) is 0 Å². The molecule has 1 atom stereocenters. The maximum Gasteiger partial charge on any atom is 0.265 e. The number of anilines is 1. The Bertz CT molecular complexity index is 975. The summed E-state index contributed by atoms with van der Waals surface area (Å²) in [6, 6.07) is 8.60. The van der Waals surface area contributed by atoms with Crippen molar-refractivity contribution in [2.75, 3.05) is 18.4 Å². The highest BCUT2D eigenvalue weighted by atomic mass is 32.2. The third-order valence-electron chi connectivity index (χ3n) is 5.60. The fraction of sp³-hybridized carbons (Fsp3) is 0.476. The topological polar surface area (TPSA) is 66.5 Å². The van der Waals surface area contributed by atoms with E-state index >= 15 is 0 Å². The highest BCUT2D eigenvalue weighted by Gasteiger charge is 2.26. The number of piperidine rings is 1. The summed E-state index contributed by atoms with van der Waals surface area (Å²) >= 11 is 1.56. The van der Waals surface area contributed by atoms with Crippen LogP contribution in [0.15, 0.2) is 35.2 Å². The summed E-state index contributed by atoms with van der Waals surface area (Å²) in [7, 11) is -3.51. The highest BCUT2D eigenvalue weighted by molar-refractivity contribution is 7.89. The van der Waals surface area contributed by atoms with Gasteiger partial charge < -0.3 is 5.32 Å². The number of sulfonamides is 1. The van der Waals surface area contributed by atoms with Gasteiger partial charge in [-0.2, -0.15) is 4.31 Å². The maximum atomic E-state index is 12.9. The van der Waals surface area contributed by atoms with Gasteiger partial charge in [0.05, 0.1) is 9.77 Å². The van der Waals surface area contributed by atoms with E-state index in [9.17, 15) is 13.2 Å². The Kier molecular flexibility index (Phi) is 5.58. The van der Waals surface area contributed by atoms with Crippen LogP contribution in [-0.2, 0) is 22.9 Å². The van der Waals surface area contributed by atoms with Crippen molar-refractivity contribution >= 4 is 33.0 Å². The number of fused-ring (bicyclic) bond motifs is 1. The summed E-state index contributed by atoms with van der Waals surface area (Å²) in [6.45, 7) is 3.38. The van der Waals surface area contributed by atoms with E-state index in [0.717, 1.165) is 32.1 Å². The Morgan fingerprint density at radius 1 is 1.18 bits per heavy atom. The zero-order chi connectivity index (χ0) is 19.7. The van der Waals surface area contributed by atoms with Crippen LogP contribution < -0.4 is 5.32 Å². The van der Waals surface area contributed by atoms with Crippen molar-refractivity contribution in [2.45, 2.75) is 50.3 Å². The smallest absolute Gasteiger partial charge is 0.265 e. The van der Waals surface area contributed by atoms with Crippen molar-refractivity contribution in [1.29, 1.82) is 0 Å². The van der Waals surface area contributed by atoms with Crippen LogP contribution in [0.3, 0.4) is 0 Å². The quantitative estimate of drug-likeness (QED) is 0.805. The van der Waals surface area contributed by atoms with Crippen molar-refractivity contribution < 1.29 is 13.2 Å². The van der Waals surface area contributed by atoms with Gasteiger partial charge in [-0.1, -0.05) is 19.4 Å². The number of aryl methyl sites for hydroxylation is 1. The molecule has 1 fully saturated rings. The molecule has 1 N–H and O–H groups in total. The molecule has 0 unspecified atom stereocenters. The molecule has 1 aliphatic heterocycles. The molecule has 150 valence electrons. The number of rotatable bonds is 4. The number of benzene rings is 1. The van der Waals surface area contributed by atoms with E-state index < -0.39 is 10.0 Å². The van der Waals surface area contributed by atoms with E-state index in [-0.39, 0.29) is 10.8 Å². The van der Waals surface area contributed by atoms with Gasteiger partial charge in [-0.05, 0) is 67.9 Å². The van der Waals surface area contributed by atoms with E-state index in [1.165, 1.54) is 16.9 Å². The zero-order valence-corrected chi connectivity index (χ0v) is 17.7. The van der Waals surface area contributed by atoms with E-state index in [1.54, 1.807) is 39.9 Å². The Morgan fingerprint density at radius 2 is 1.96 bits per heavy atom. The number of nitrogens with zero attached hydrogens (tertiary/aromatic N) is 1. The average Bonchev–Trinajstić information content (AvgIpc) is 3.12. The zero-order valence-electron chi connectivity index (χ0n) is 16.1. The molecular formula is C21H26N2O3S2. The van der Waals surface area contributed by atoms with Crippen molar-refractivity contribution in [3.05, 3.63) is 45.6 Å². The fourth-order valence-electron chi connectivity index (χ4n) is 4.00. The van der Waals surface area contributed by atoms with Crippen LogP contribution in [0.1, 0.15) is 52.7 Å². The lowest BCUT2D eigenvalue weighted by atomic mass is 9.90. The Hall–Kier alpha value is -1.70. The molecule has 0 saturated carbocycles. The number of carbonyl (C=O) groups excluding carboxylic acids is 1. The molecule has 2 heterocycles. The minimum atomic E-state index is -3.51. The first-order chi connectivity index (χ1) is 13.4. The normalized spacial score (nSPS) is 20.5. The lowest BCUT2D eigenvalue weighted by Gasteiger charge is -2.26. The third-order valence-corrected chi connectivity index (χ3v) is 8.73. The van der Waals surface area contributed by atoms with E-state index in [4.69, 9.17) is 0 Å². The molecule has 1 aromatic heterocycles. The van der Waals surface area contributed by atoms with Crippen molar-refractivity contribution in [3.8, 4) is 0 Å². The average molecular weight is 419 g/mol. The van der Waals surface area contributed by atoms with E-state index in [0.29, 0.717) is 29.6 Å². The molecule has 1 amide bonds. The number of amides is 1. The molecule has 28 heavy (non-hydrogen) atoms. The van der Waals surface area contributed by atoms with Crippen LogP contribution in [0, 0.1) is 5.92 Å². The minimum absolute atomic E-state index is 0.167. The van der Waals surface area contributed by atoms with Gasteiger partial charge in [0.25, 0.3) is 5.91 Å². The summed E-state index contributed by atoms with van der Waals surface area (Å²) < 4.78 is 27.3. The standard InChI is InChI=1S/C21H26N2O3S2/c1-15-8-9-19-16(12-15)13-20(27-19)21(24)22-17-6-5-7-18(14-17)28(25,26)23-10-3-2-4-11-23/h5-7,13-15H,2-4,8-12H2,1H3,(H,22,24)/t15-/m0/s1. The summed E-state index contributed by atoms with van der Waals surface area (Å²) in [5, 5.41) is 2.88. The molecule has 0 bridgehead atoms. The van der Waals surface area contributed by atoms with Gasteiger partial charge in [0, 0.05) is 23.7 Å². The van der Waals surface area contributed by atoms with Crippen molar-refractivity contribution in [1.82, 2.24) is 4.31 Å². The number of hydrogen-bond donors (Lipinski definition) is 1. The predicted octanol–water partition coefficient (Wildman–Crippen LogP) is 4.30. The summed E-state index contributed by atoms with van der Waals surface area (Å²) in [5.41, 5.74) is 1.80. The molecule has 0 spiro atoms. The van der Waals surface area contributed by atoms with Crippen LogP contribution in [0.2, 0.25) is 0 Å². The lowest BCUT2D eigenvalue weighted by molar-refractivity contribution is 0.103. The fourth-order valence-corrected chi connectivity index (χ4v) is 6.67. The van der Waals surface area contributed by atoms with Gasteiger partial charge >= 0.3 is 0 Å². The van der Waals surface area contributed by atoms with Crippen molar-refractivity contribution in [3.63, 3.8) is 0 Å². The van der Waals surface area contributed by atoms with Crippen LogP contribution in [0.5, 0.6) is 0 Å².